The Kier molecular flexibility index (Phi) is 5.72. The van der Waals surface area contributed by atoms with Gasteiger partial charge < -0.3 is 26.8 Å². The minimum Gasteiger partial charge on any atom is -1.00 e. The minimum atomic E-state index is 0. The maximum atomic E-state index is 5.53. The van der Waals surface area contributed by atoms with Crippen LogP contribution in [0.2, 0.25) is 0 Å². The van der Waals surface area contributed by atoms with E-state index in [-0.39, 0.29) is 12.4 Å². The summed E-state index contributed by atoms with van der Waals surface area (Å²) in [5, 5.41) is 0. The lowest BCUT2D eigenvalue weighted by molar-refractivity contribution is -0.696. The van der Waals surface area contributed by atoms with Crippen LogP contribution in [0.3, 0.4) is 0 Å². The summed E-state index contributed by atoms with van der Waals surface area (Å²) in [6, 6.07) is 10.4. The largest absolute Gasteiger partial charge is 1.00 e. The highest BCUT2D eigenvalue weighted by Gasteiger charge is 2.17. The standard InChI is InChI=1S/C16H20N3O2.ClH/c1-17-7-8-18(13-17)9-10-19(16-12-20-14-21-16)11-15-5-3-2-4-6-15;/h2-8,12-13H,9-11,14H2,1H3;1H/q+1;/p-1. The maximum absolute atomic E-state index is 5.53. The van der Waals surface area contributed by atoms with Gasteiger partial charge in [-0.05, 0) is 5.56 Å². The third-order valence-corrected chi connectivity index (χ3v) is 3.44. The van der Waals surface area contributed by atoms with Gasteiger partial charge in [-0.2, -0.15) is 0 Å². The fourth-order valence-corrected chi connectivity index (χ4v) is 2.34. The average Bonchev–Trinajstić information content (AvgIpc) is 3.16. The molecule has 0 radical (unpaired) electrons. The van der Waals surface area contributed by atoms with Crippen LogP contribution < -0.4 is 17.0 Å². The molecule has 0 saturated carbocycles. The molecule has 0 amide bonds. The molecule has 5 nitrogen and oxygen atoms in total. The lowest BCUT2D eigenvalue weighted by Crippen LogP contribution is -3.00. The first-order valence-corrected chi connectivity index (χ1v) is 7.06. The van der Waals surface area contributed by atoms with Crippen molar-refractivity contribution in [3.8, 4) is 0 Å². The van der Waals surface area contributed by atoms with Gasteiger partial charge in [0.25, 0.3) is 0 Å². The van der Waals surface area contributed by atoms with Crippen molar-refractivity contribution >= 4 is 0 Å². The Morgan fingerprint density at radius 3 is 2.73 bits per heavy atom. The molecule has 1 aromatic heterocycles. The maximum Gasteiger partial charge on any atom is 0.243 e. The first kappa shape index (κ1) is 16.2. The quantitative estimate of drug-likeness (QED) is 0.615. The third-order valence-electron chi connectivity index (χ3n) is 3.44. The second-order valence-electron chi connectivity index (χ2n) is 5.11. The Balaban J connectivity index is 0.00000176. The monoisotopic (exact) mass is 321 g/mol. The van der Waals surface area contributed by atoms with Gasteiger partial charge in [-0.15, -0.1) is 0 Å². The molecule has 0 fully saturated rings. The van der Waals surface area contributed by atoms with Gasteiger partial charge in [0.2, 0.25) is 19.0 Å². The first-order chi connectivity index (χ1) is 10.3. The molecule has 1 aromatic carbocycles. The summed E-state index contributed by atoms with van der Waals surface area (Å²) in [6.07, 6.45) is 7.87. The number of nitrogens with zero attached hydrogens (tertiary/aromatic N) is 3. The summed E-state index contributed by atoms with van der Waals surface area (Å²) in [7, 11) is 2.02. The van der Waals surface area contributed by atoms with E-state index < -0.39 is 0 Å². The van der Waals surface area contributed by atoms with Crippen molar-refractivity contribution in [3.05, 3.63) is 66.8 Å². The topological polar surface area (TPSA) is 30.5 Å². The minimum absolute atomic E-state index is 0. The van der Waals surface area contributed by atoms with Gasteiger partial charge in [0.15, 0.2) is 0 Å². The zero-order valence-corrected chi connectivity index (χ0v) is 13.3. The highest BCUT2D eigenvalue weighted by molar-refractivity contribution is 5.15. The molecule has 2 heterocycles. The molecule has 0 saturated heterocycles. The number of benzene rings is 1. The lowest BCUT2D eigenvalue weighted by atomic mass is 10.2. The molecule has 118 valence electrons. The predicted octanol–water partition coefficient (Wildman–Crippen LogP) is -1.38. The van der Waals surface area contributed by atoms with Crippen molar-refractivity contribution in [3.63, 3.8) is 0 Å². The molecule has 0 bridgehead atoms. The zero-order valence-electron chi connectivity index (χ0n) is 12.6. The number of hydrogen-bond donors (Lipinski definition) is 0. The van der Waals surface area contributed by atoms with Gasteiger partial charge in [0, 0.05) is 6.54 Å². The fraction of sp³-hybridized carbons (Fsp3) is 0.312. The summed E-state index contributed by atoms with van der Waals surface area (Å²) >= 11 is 0. The molecule has 0 N–H and O–H groups in total. The summed E-state index contributed by atoms with van der Waals surface area (Å²) < 4.78 is 14.9. The third kappa shape index (κ3) is 4.18. The van der Waals surface area contributed by atoms with Crippen molar-refractivity contribution in [1.82, 2.24) is 9.47 Å². The van der Waals surface area contributed by atoms with Crippen LogP contribution in [0.5, 0.6) is 0 Å². The molecule has 3 rings (SSSR count). The Labute approximate surface area is 136 Å². The van der Waals surface area contributed by atoms with E-state index in [2.05, 4.69) is 46.3 Å². The van der Waals surface area contributed by atoms with Crippen LogP contribution in [0.15, 0.2) is 61.2 Å². The van der Waals surface area contributed by atoms with E-state index in [1.54, 1.807) is 6.26 Å². The van der Waals surface area contributed by atoms with Gasteiger partial charge >= 0.3 is 0 Å². The summed E-state index contributed by atoms with van der Waals surface area (Å²) in [6.45, 7) is 2.87. The molecule has 6 heteroatoms. The highest BCUT2D eigenvalue weighted by Crippen LogP contribution is 2.16. The molecule has 0 unspecified atom stereocenters. The second-order valence-corrected chi connectivity index (χ2v) is 5.11. The van der Waals surface area contributed by atoms with E-state index >= 15 is 0 Å². The van der Waals surface area contributed by atoms with Crippen molar-refractivity contribution in [2.75, 3.05) is 13.3 Å². The molecular weight excluding hydrogens is 302 g/mol. The number of aromatic nitrogens is 2. The Morgan fingerprint density at radius 1 is 1.27 bits per heavy atom. The Morgan fingerprint density at radius 2 is 2.09 bits per heavy atom. The molecule has 0 atom stereocenters. The van der Waals surface area contributed by atoms with Crippen LogP contribution >= 0.6 is 0 Å². The molecule has 0 spiro atoms. The normalized spacial score (nSPS) is 12.9. The molecule has 1 aliphatic rings. The van der Waals surface area contributed by atoms with E-state index in [1.165, 1.54) is 5.56 Å². The van der Waals surface area contributed by atoms with Crippen LogP contribution in [-0.4, -0.2) is 22.8 Å². The fourth-order valence-electron chi connectivity index (χ4n) is 2.34. The average molecular weight is 322 g/mol. The number of rotatable bonds is 6. The summed E-state index contributed by atoms with van der Waals surface area (Å²) in [5.74, 6) is 0.801. The number of hydrogen-bond acceptors (Lipinski definition) is 3. The number of aryl methyl sites for hydroxylation is 1. The second kappa shape index (κ2) is 7.75. The van der Waals surface area contributed by atoms with Crippen LogP contribution in [0.4, 0.5) is 0 Å². The molecule has 0 aliphatic carbocycles. The highest BCUT2D eigenvalue weighted by atomic mass is 35.5. The molecular formula is C16H20ClN3O2. The van der Waals surface area contributed by atoms with Gasteiger partial charge in [-0.3, -0.25) is 0 Å². The molecule has 22 heavy (non-hydrogen) atoms. The Hall–Kier alpha value is -2.14. The molecule has 2 aromatic rings. The van der Waals surface area contributed by atoms with Crippen molar-refractivity contribution in [2.45, 2.75) is 13.1 Å². The SMILES string of the molecule is Cn1cc[n+](CCN(Cc2ccccc2)C2=COCO2)c1.[Cl-]. The van der Waals surface area contributed by atoms with Crippen LogP contribution in [-0.2, 0) is 29.6 Å². The van der Waals surface area contributed by atoms with Crippen LogP contribution in [0, 0.1) is 0 Å². The number of ether oxygens (including phenoxy) is 2. The zero-order chi connectivity index (χ0) is 14.5. The van der Waals surface area contributed by atoms with E-state index in [9.17, 15) is 0 Å². The molecule has 1 aliphatic heterocycles. The van der Waals surface area contributed by atoms with E-state index in [0.29, 0.717) is 6.79 Å². The van der Waals surface area contributed by atoms with Crippen molar-refractivity contribution in [1.29, 1.82) is 0 Å². The first-order valence-electron chi connectivity index (χ1n) is 7.06. The predicted molar refractivity (Wildman–Crippen MR) is 77.6 cm³/mol. The van der Waals surface area contributed by atoms with Gasteiger partial charge in [-0.25, -0.2) is 9.13 Å². The summed E-state index contributed by atoms with van der Waals surface area (Å²) in [4.78, 5) is 2.20. The van der Waals surface area contributed by atoms with Crippen LogP contribution in [0.1, 0.15) is 5.56 Å². The van der Waals surface area contributed by atoms with Crippen molar-refractivity contribution in [2.24, 2.45) is 7.05 Å². The van der Waals surface area contributed by atoms with E-state index in [4.69, 9.17) is 9.47 Å². The van der Waals surface area contributed by atoms with Gasteiger partial charge in [0.1, 0.15) is 25.2 Å². The number of halogens is 1. The lowest BCUT2D eigenvalue weighted by Gasteiger charge is -2.23. The van der Waals surface area contributed by atoms with Gasteiger partial charge in [0.05, 0.1) is 13.6 Å². The Bertz CT molecular complexity index is 613. The van der Waals surface area contributed by atoms with E-state index in [1.807, 2.05) is 23.9 Å². The van der Waals surface area contributed by atoms with Gasteiger partial charge in [-0.1, -0.05) is 30.3 Å². The van der Waals surface area contributed by atoms with Crippen molar-refractivity contribution < 1.29 is 26.4 Å². The summed E-state index contributed by atoms with van der Waals surface area (Å²) in [5.41, 5.74) is 1.26. The van der Waals surface area contributed by atoms with Crippen LogP contribution in [0.25, 0.3) is 0 Å². The number of imidazole rings is 1. The smallest absolute Gasteiger partial charge is 0.243 e. The van der Waals surface area contributed by atoms with E-state index in [0.717, 1.165) is 25.5 Å².